The number of hydrogen-bond acceptors (Lipinski definition) is 4. The molecule has 0 aromatic heterocycles. The summed E-state index contributed by atoms with van der Waals surface area (Å²) in [6.07, 6.45) is -4.12. The number of aliphatic carboxylic acids is 1. The molecule has 4 rings (SSSR count). The molecule has 3 aromatic rings. The summed E-state index contributed by atoms with van der Waals surface area (Å²) in [7, 11) is 0. The van der Waals surface area contributed by atoms with Crippen molar-refractivity contribution in [3.8, 4) is 17.2 Å². The minimum absolute atomic E-state index is 0.136. The van der Waals surface area contributed by atoms with Gasteiger partial charge in [0.2, 0.25) is 5.91 Å². The van der Waals surface area contributed by atoms with Gasteiger partial charge in [0, 0.05) is 12.8 Å². The zero-order valence-corrected chi connectivity index (χ0v) is 23.8. The number of hydrogen-bond donors (Lipinski definition) is 3. The monoisotopic (exact) mass is 595 g/mol. The van der Waals surface area contributed by atoms with Crippen LogP contribution in [0.5, 0.6) is 0 Å². The van der Waals surface area contributed by atoms with Crippen molar-refractivity contribution in [1.29, 1.82) is 5.26 Å². The van der Waals surface area contributed by atoms with Crippen LogP contribution in [0.25, 0.3) is 11.1 Å². The van der Waals surface area contributed by atoms with Crippen molar-refractivity contribution in [3.63, 3.8) is 0 Å². The number of carbonyl (C=O) groups excluding carboxylic acids is 1. The van der Waals surface area contributed by atoms with E-state index < -0.39 is 53.7 Å². The lowest BCUT2D eigenvalue weighted by Gasteiger charge is -2.30. The predicted octanol–water partition coefficient (Wildman–Crippen LogP) is 6.42. The first kappa shape index (κ1) is 31.7. The Morgan fingerprint density at radius 2 is 1.49 bits per heavy atom. The Hall–Kier alpha value is -4.23. The number of halogens is 4. The van der Waals surface area contributed by atoms with E-state index in [4.69, 9.17) is 0 Å². The minimum atomic E-state index is -4.82. The molecule has 1 aliphatic rings. The molecular weight excluding hydrogens is 562 g/mol. The van der Waals surface area contributed by atoms with Gasteiger partial charge in [0.05, 0.1) is 17.5 Å². The van der Waals surface area contributed by atoms with Crippen LogP contribution in [0.3, 0.4) is 0 Å². The number of benzene rings is 3. The van der Waals surface area contributed by atoms with Gasteiger partial charge in [0.15, 0.2) is 0 Å². The van der Waals surface area contributed by atoms with E-state index in [-0.39, 0.29) is 12.0 Å². The molecule has 6 nitrogen and oxygen atoms in total. The summed E-state index contributed by atoms with van der Waals surface area (Å²) < 4.78 is 57.7. The van der Waals surface area contributed by atoms with Crippen molar-refractivity contribution >= 4 is 11.9 Å². The van der Waals surface area contributed by atoms with Crippen LogP contribution in [0.2, 0.25) is 0 Å². The van der Waals surface area contributed by atoms with Gasteiger partial charge >= 0.3 is 12.1 Å². The van der Waals surface area contributed by atoms with Crippen LogP contribution < -0.4 is 10.6 Å². The van der Waals surface area contributed by atoms with E-state index in [1.165, 1.54) is 38.1 Å². The summed E-state index contributed by atoms with van der Waals surface area (Å²) in [4.78, 5) is 24.8. The molecule has 3 aromatic carbocycles. The molecule has 1 amide bonds. The highest BCUT2D eigenvalue weighted by Gasteiger charge is 2.51. The van der Waals surface area contributed by atoms with Crippen molar-refractivity contribution in [3.05, 3.63) is 95.6 Å². The molecule has 0 saturated heterocycles. The Bertz CT molecular complexity index is 1460. The number of nitrogens with one attached hydrogen (secondary N) is 2. The summed E-state index contributed by atoms with van der Waals surface area (Å²) in [5.41, 5.74) is -0.266. The first-order chi connectivity index (χ1) is 20.2. The number of alkyl halides is 4. The molecule has 10 heteroatoms. The lowest BCUT2D eigenvalue weighted by molar-refractivity contribution is -0.161. The van der Waals surface area contributed by atoms with Crippen molar-refractivity contribution in [2.75, 3.05) is 0 Å². The van der Waals surface area contributed by atoms with Gasteiger partial charge in [0.1, 0.15) is 17.8 Å². The lowest BCUT2D eigenvalue weighted by Crippen LogP contribution is -2.53. The molecule has 0 aliphatic heterocycles. The largest absolute Gasteiger partial charge is 0.481 e. The van der Waals surface area contributed by atoms with Crippen LogP contribution in [0, 0.1) is 11.3 Å². The van der Waals surface area contributed by atoms with Crippen LogP contribution in [0.4, 0.5) is 17.6 Å². The number of carboxylic acid groups (broad SMARTS) is 1. The summed E-state index contributed by atoms with van der Waals surface area (Å²) >= 11 is 0. The third-order valence-corrected chi connectivity index (χ3v) is 7.63. The van der Waals surface area contributed by atoms with E-state index >= 15 is 0 Å². The van der Waals surface area contributed by atoms with Crippen molar-refractivity contribution in [1.82, 2.24) is 10.6 Å². The van der Waals surface area contributed by atoms with E-state index in [0.717, 1.165) is 5.56 Å². The quantitative estimate of drug-likeness (QED) is 0.210. The first-order valence-corrected chi connectivity index (χ1v) is 13.9. The van der Waals surface area contributed by atoms with Gasteiger partial charge in [-0.15, -0.1) is 0 Å². The molecule has 0 radical (unpaired) electrons. The van der Waals surface area contributed by atoms with Crippen LogP contribution in [0.1, 0.15) is 55.8 Å². The summed E-state index contributed by atoms with van der Waals surface area (Å²) in [6.45, 7) is 2.34. The van der Waals surface area contributed by atoms with E-state index in [2.05, 4.69) is 10.6 Å². The molecule has 3 N–H and O–H groups in total. The van der Waals surface area contributed by atoms with E-state index in [9.17, 15) is 37.5 Å². The second-order valence-corrected chi connectivity index (χ2v) is 11.6. The Morgan fingerprint density at radius 3 is 1.95 bits per heavy atom. The zero-order chi connectivity index (χ0) is 31.4. The highest BCUT2D eigenvalue weighted by Crippen LogP contribution is 2.48. The fourth-order valence-electron chi connectivity index (χ4n) is 5.15. The maximum Gasteiger partial charge on any atom is 0.407 e. The fourth-order valence-corrected chi connectivity index (χ4v) is 5.15. The van der Waals surface area contributed by atoms with Crippen LogP contribution in [-0.4, -0.2) is 40.9 Å². The highest BCUT2D eigenvalue weighted by atomic mass is 19.4. The molecule has 0 unspecified atom stereocenters. The van der Waals surface area contributed by atoms with E-state index in [1.807, 2.05) is 6.07 Å². The Kier molecular flexibility index (Phi) is 9.26. The second kappa shape index (κ2) is 12.6. The summed E-state index contributed by atoms with van der Waals surface area (Å²) in [5, 5.41) is 23.9. The number of amides is 1. The van der Waals surface area contributed by atoms with Gasteiger partial charge in [-0.3, -0.25) is 14.9 Å². The first-order valence-electron chi connectivity index (χ1n) is 13.9. The Labute approximate surface area is 247 Å². The Morgan fingerprint density at radius 1 is 0.930 bits per heavy atom. The number of carboxylic acids is 1. The van der Waals surface area contributed by atoms with Gasteiger partial charge in [0.25, 0.3) is 0 Å². The second-order valence-electron chi connectivity index (χ2n) is 11.6. The number of nitriles is 1. The summed E-state index contributed by atoms with van der Waals surface area (Å²) in [5.74, 6) is -1.79. The molecule has 1 fully saturated rings. The third-order valence-electron chi connectivity index (χ3n) is 7.63. The van der Waals surface area contributed by atoms with Crippen LogP contribution in [-0.2, 0) is 21.4 Å². The minimum Gasteiger partial charge on any atom is -0.481 e. The molecule has 0 bridgehead atoms. The highest BCUT2D eigenvalue weighted by molar-refractivity contribution is 5.85. The topological polar surface area (TPSA) is 102 Å². The molecule has 0 spiro atoms. The van der Waals surface area contributed by atoms with E-state index in [0.29, 0.717) is 29.5 Å². The van der Waals surface area contributed by atoms with Crippen molar-refractivity contribution < 1.29 is 32.3 Å². The molecule has 1 saturated carbocycles. The van der Waals surface area contributed by atoms with Gasteiger partial charge in [-0.2, -0.15) is 18.4 Å². The van der Waals surface area contributed by atoms with Crippen LogP contribution in [0.15, 0.2) is 78.9 Å². The summed E-state index contributed by atoms with van der Waals surface area (Å²) in [6, 6.07) is 18.4. The standard InChI is InChI=1S/C33H33F4N3O3/c1-31(2,34)19-27(29(41)39-26(20-38)18-21-6-4-3-5-7-21)40-28(33(35,36)37)24-10-8-22(9-11-24)23-12-14-25(15-13-23)32(16-17-32)30(42)43/h3-15,26-28,40H,16-19H2,1-2H3,(H,39,41)(H,42,43)/t26-,27-,28-/m0/s1. The predicted molar refractivity (Wildman–Crippen MR) is 154 cm³/mol. The number of rotatable bonds is 12. The molecule has 1 aliphatic carbocycles. The fraction of sp³-hybridized carbons (Fsp3) is 0.364. The van der Waals surface area contributed by atoms with Crippen molar-refractivity contribution in [2.45, 2.75) is 74.9 Å². The average molecular weight is 596 g/mol. The molecule has 0 heterocycles. The zero-order valence-electron chi connectivity index (χ0n) is 23.8. The lowest BCUT2D eigenvalue weighted by atomic mass is 9.93. The number of nitrogens with zero attached hydrogens (tertiary/aromatic N) is 1. The van der Waals surface area contributed by atoms with Gasteiger partial charge in [-0.25, -0.2) is 4.39 Å². The molecule has 3 atom stereocenters. The normalized spacial score (nSPS) is 16.4. The Balaban J connectivity index is 1.53. The van der Waals surface area contributed by atoms with Gasteiger partial charge < -0.3 is 10.4 Å². The van der Waals surface area contributed by atoms with Crippen molar-refractivity contribution in [2.24, 2.45) is 0 Å². The molecule has 226 valence electrons. The van der Waals surface area contributed by atoms with Gasteiger partial charge in [-0.05, 0) is 54.5 Å². The average Bonchev–Trinajstić information content (AvgIpc) is 3.77. The molecular formula is C33H33F4N3O3. The maximum absolute atomic E-state index is 14.7. The van der Waals surface area contributed by atoms with Gasteiger partial charge in [-0.1, -0.05) is 78.9 Å². The maximum atomic E-state index is 14.7. The third kappa shape index (κ3) is 7.99. The number of carbonyl (C=O) groups is 2. The molecule has 43 heavy (non-hydrogen) atoms. The van der Waals surface area contributed by atoms with Crippen LogP contribution >= 0.6 is 0 Å². The smallest absolute Gasteiger partial charge is 0.407 e. The van der Waals surface area contributed by atoms with E-state index in [1.54, 1.807) is 54.6 Å². The SMILES string of the molecule is CC(C)(F)C[C@H](N[C@@H](c1ccc(-c2ccc(C3(C(=O)O)CC3)cc2)cc1)C(F)(F)F)C(=O)N[C@H](C#N)Cc1ccccc1.